The molecule has 1 heterocycles. The van der Waals surface area contributed by atoms with Crippen molar-refractivity contribution in [2.45, 2.75) is 33.2 Å². The Kier molecular flexibility index (Phi) is 5.65. The van der Waals surface area contributed by atoms with E-state index < -0.39 is 0 Å². The van der Waals surface area contributed by atoms with E-state index in [1.165, 1.54) is 18.5 Å². The lowest BCUT2D eigenvalue weighted by Crippen LogP contribution is -2.41. The largest absolute Gasteiger partial charge is 0.312 e. The molecule has 1 aliphatic heterocycles. The highest BCUT2D eigenvalue weighted by atomic mass is 35.5. The molecule has 1 N–H and O–H groups in total. The van der Waals surface area contributed by atoms with Crippen LogP contribution >= 0.6 is 11.6 Å². The van der Waals surface area contributed by atoms with Crippen molar-refractivity contribution in [3.63, 3.8) is 0 Å². The van der Waals surface area contributed by atoms with Crippen LogP contribution in [-0.4, -0.2) is 37.1 Å². The lowest BCUT2D eigenvalue weighted by molar-refractivity contribution is 0.263. The first-order chi connectivity index (χ1) is 7.13. The first-order valence-corrected chi connectivity index (χ1v) is 6.28. The topological polar surface area (TPSA) is 15.3 Å². The van der Waals surface area contributed by atoms with Gasteiger partial charge >= 0.3 is 0 Å². The van der Waals surface area contributed by atoms with E-state index in [1.54, 1.807) is 5.54 Å². The summed E-state index contributed by atoms with van der Waals surface area (Å²) in [7, 11) is 0. The number of nitrogens with one attached hydrogen (secondary N) is 1. The van der Waals surface area contributed by atoms with E-state index in [1.807, 2.05) is 0 Å². The quantitative estimate of drug-likeness (QED) is 0.802. The van der Waals surface area contributed by atoms with Gasteiger partial charge in [0.15, 0.2) is 0 Å². The minimum Gasteiger partial charge on any atom is -0.312 e. The van der Waals surface area contributed by atoms with Crippen LogP contribution in [0.5, 0.6) is 0 Å². The Hall–Kier alpha value is -0.0500. The Morgan fingerprint density at radius 3 is 2.93 bits per heavy atom. The lowest BCUT2D eigenvalue weighted by atomic mass is 10.0. The summed E-state index contributed by atoms with van der Waals surface area (Å²) < 4.78 is 0. The second-order valence-corrected chi connectivity index (χ2v) is 5.07. The van der Waals surface area contributed by atoms with Gasteiger partial charge in [0.2, 0.25) is 0 Å². The van der Waals surface area contributed by atoms with Gasteiger partial charge in [0.25, 0.3) is 0 Å². The maximum absolute atomic E-state index is 5.71. The summed E-state index contributed by atoms with van der Waals surface area (Å²) in [4.78, 5) is 2.50. The summed E-state index contributed by atoms with van der Waals surface area (Å²) in [5, 5.41) is 3.61. The van der Waals surface area contributed by atoms with Crippen LogP contribution in [0.1, 0.15) is 27.2 Å². The van der Waals surface area contributed by atoms with E-state index in [4.69, 9.17) is 11.6 Å². The van der Waals surface area contributed by atoms with Crippen LogP contribution in [0.4, 0.5) is 0 Å². The van der Waals surface area contributed by atoms with Crippen LogP contribution in [0.3, 0.4) is 0 Å². The molecule has 88 valence electrons. The number of hydrogen-bond acceptors (Lipinski definition) is 2. The van der Waals surface area contributed by atoms with Gasteiger partial charge < -0.3 is 5.32 Å². The molecule has 0 aromatic carbocycles. The van der Waals surface area contributed by atoms with E-state index in [0.717, 1.165) is 19.6 Å². The molecular weight excluding hydrogens is 208 g/mol. The molecule has 1 rings (SSSR count). The monoisotopic (exact) mass is 230 g/mol. The molecule has 0 spiro atoms. The fourth-order valence-electron chi connectivity index (χ4n) is 2.00. The third-order valence-electron chi connectivity index (χ3n) is 2.98. The predicted molar refractivity (Wildman–Crippen MR) is 67.3 cm³/mol. The fraction of sp³-hybridized carbons (Fsp3) is 0.833. The number of hydrogen-bond donors (Lipinski definition) is 1. The van der Waals surface area contributed by atoms with Gasteiger partial charge in [-0.25, -0.2) is 0 Å². The Morgan fingerprint density at radius 1 is 1.60 bits per heavy atom. The van der Waals surface area contributed by atoms with Crippen molar-refractivity contribution in [3.8, 4) is 0 Å². The maximum Gasteiger partial charge on any atom is 0.0218 e. The molecular formula is C12H23ClN2. The molecule has 0 amide bonds. The van der Waals surface area contributed by atoms with Gasteiger partial charge in [-0.2, -0.15) is 0 Å². The Balaban J connectivity index is 2.49. The van der Waals surface area contributed by atoms with Gasteiger partial charge in [-0.05, 0) is 37.9 Å². The van der Waals surface area contributed by atoms with Gasteiger partial charge in [0.05, 0.1) is 0 Å². The standard InChI is InChI=1S/C12H23ClN2/c1-10(2)12-9-15(6-4-5-14-12)8-11(3)7-13/h7,10,12,14H,4-6,8-9H2,1-3H3. The van der Waals surface area contributed by atoms with Gasteiger partial charge in [-0.3, -0.25) is 4.90 Å². The van der Waals surface area contributed by atoms with Crippen LogP contribution in [0.2, 0.25) is 0 Å². The lowest BCUT2D eigenvalue weighted by Gasteiger charge is -2.26. The summed E-state index contributed by atoms with van der Waals surface area (Å²) in [6, 6.07) is 0.621. The second-order valence-electron chi connectivity index (χ2n) is 4.85. The van der Waals surface area contributed by atoms with E-state index >= 15 is 0 Å². The Morgan fingerprint density at radius 2 is 2.33 bits per heavy atom. The van der Waals surface area contributed by atoms with Gasteiger partial charge in [-0.15, -0.1) is 0 Å². The number of rotatable bonds is 3. The molecule has 0 aromatic rings. The Labute approximate surface area is 98.7 Å². The second kappa shape index (κ2) is 6.51. The van der Waals surface area contributed by atoms with E-state index in [2.05, 4.69) is 31.0 Å². The minimum absolute atomic E-state index is 0.621. The normalized spacial score (nSPS) is 25.7. The third kappa shape index (κ3) is 4.54. The molecule has 1 saturated heterocycles. The molecule has 0 aliphatic carbocycles. The molecule has 0 saturated carbocycles. The highest BCUT2D eigenvalue weighted by Crippen LogP contribution is 2.10. The van der Waals surface area contributed by atoms with E-state index in [9.17, 15) is 0 Å². The summed E-state index contributed by atoms with van der Waals surface area (Å²) in [6.45, 7) is 11.1. The summed E-state index contributed by atoms with van der Waals surface area (Å²) in [5.41, 5.74) is 2.95. The molecule has 1 aliphatic rings. The third-order valence-corrected chi connectivity index (χ3v) is 3.35. The summed E-state index contributed by atoms with van der Waals surface area (Å²) in [5.74, 6) is 0.700. The van der Waals surface area contributed by atoms with Crippen molar-refractivity contribution < 1.29 is 0 Å². The molecule has 1 unspecified atom stereocenters. The van der Waals surface area contributed by atoms with Crippen molar-refractivity contribution in [1.29, 1.82) is 0 Å². The zero-order valence-electron chi connectivity index (χ0n) is 10.1. The highest BCUT2D eigenvalue weighted by molar-refractivity contribution is 6.25. The minimum atomic E-state index is 0.621. The van der Waals surface area contributed by atoms with Crippen LogP contribution in [-0.2, 0) is 0 Å². The highest BCUT2D eigenvalue weighted by Gasteiger charge is 2.19. The van der Waals surface area contributed by atoms with Crippen molar-refractivity contribution in [3.05, 3.63) is 11.1 Å². The summed E-state index contributed by atoms with van der Waals surface area (Å²) in [6.07, 6.45) is 1.23. The first-order valence-electron chi connectivity index (χ1n) is 5.85. The molecule has 1 atom stereocenters. The number of halogens is 1. The molecule has 3 heteroatoms. The van der Waals surface area contributed by atoms with Crippen molar-refractivity contribution in [1.82, 2.24) is 10.2 Å². The predicted octanol–water partition coefficient (Wildman–Crippen LogP) is 2.45. The summed E-state index contributed by atoms with van der Waals surface area (Å²) >= 11 is 5.71. The van der Waals surface area contributed by atoms with Crippen LogP contribution < -0.4 is 5.32 Å². The molecule has 15 heavy (non-hydrogen) atoms. The average Bonchev–Trinajstić information content (AvgIpc) is 2.43. The molecule has 0 radical (unpaired) electrons. The number of nitrogens with zero attached hydrogens (tertiary/aromatic N) is 1. The average molecular weight is 231 g/mol. The van der Waals surface area contributed by atoms with E-state index in [0.29, 0.717) is 12.0 Å². The van der Waals surface area contributed by atoms with Crippen LogP contribution in [0, 0.1) is 5.92 Å². The fourth-order valence-corrected chi connectivity index (χ4v) is 2.07. The SMILES string of the molecule is CC(=CCl)CN1CCCNC(C(C)C)C1. The zero-order valence-corrected chi connectivity index (χ0v) is 10.8. The maximum atomic E-state index is 5.71. The van der Waals surface area contributed by atoms with E-state index in [-0.39, 0.29) is 0 Å². The van der Waals surface area contributed by atoms with Gasteiger partial charge in [-0.1, -0.05) is 25.4 Å². The van der Waals surface area contributed by atoms with Crippen molar-refractivity contribution in [2.75, 3.05) is 26.2 Å². The Bertz CT molecular complexity index is 214. The van der Waals surface area contributed by atoms with Gasteiger partial charge in [0.1, 0.15) is 0 Å². The van der Waals surface area contributed by atoms with Crippen LogP contribution in [0.15, 0.2) is 11.1 Å². The van der Waals surface area contributed by atoms with Crippen molar-refractivity contribution in [2.24, 2.45) is 5.92 Å². The molecule has 1 fully saturated rings. The first kappa shape index (κ1) is 13.0. The molecule has 0 bridgehead atoms. The molecule has 2 nitrogen and oxygen atoms in total. The van der Waals surface area contributed by atoms with Gasteiger partial charge in [0, 0.05) is 24.7 Å². The smallest absolute Gasteiger partial charge is 0.0218 e. The molecule has 0 aromatic heterocycles. The van der Waals surface area contributed by atoms with Crippen LogP contribution in [0.25, 0.3) is 0 Å². The van der Waals surface area contributed by atoms with Crippen molar-refractivity contribution >= 4 is 11.6 Å². The zero-order chi connectivity index (χ0) is 11.3.